The van der Waals surface area contributed by atoms with Crippen molar-refractivity contribution >= 4 is 17.2 Å². The van der Waals surface area contributed by atoms with Crippen molar-refractivity contribution in [3.8, 4) is 0 Å². The molecule has 2 rings (SSSR count). The smallest absolute Gasteiger partial charge is 0.239 e. The summed E-state index contributed by atoms with van der Waals surface area (Å²) >= 11 is 1.78. The van der Waals surface area contributed by atoms with E-state index in [-0.39, 0.29) is 11.9 Å². The summed E-state index contributed by atoms with van der Waals surface area (Å²) < 4.78 is 0. The van der Waals surface area contributed by atoms with E-state index in [1.807, 2.05) is 11.8 Å². The van der Waals surface area contributed by atoms with Gasteiger partial charge in [0.2, 0.25) is 5.91 Å². The predicted octanol–water partition coefficient (Wildman–Crippen LogP) is 3.06. The van der Waals surface area contributed by atoms with Gasteiger partial charge in [0.15, 0.2) is 0 Å². The van der Waals surface area contributed by atoms with Crippen LogP contribution in [0.1, 0.15) is 44.4 Å². The van der Waals surface area contributed by atoms with E-state index < -0.39 is 0 Å². The quantitative estimate of drug-likeness (QED) is 0.905. The molecule has 2 atom stereocenters. The largest absolute Gasteiger partial charge is 0.341 e. The number of carbonyl (C=O) groups excluding carboxylic acids is 1. The van der Waals surface area contributed by atoms with Crippen LogP contribution in [0.3, 0.4) is 0 Å². The van der Waals surface area contributed by atoms with Crippen molar-refractivity contribution in [1.29, 1.82) is 0 Å². The van der Waals surface area contributed by atoms with E-state index >= 15 is 0 Å². The molecule has 1 aliphatic rings. The van der Waals surface area contributed by atoms with Crippen molar-refractivity contribution in [3.63, 3.8) is 0 Å². The second-order valence-corrected chi connectivity index (χ2v) is 6.84. The number of thiophene rings is 1. The minimum Gasteiger partial charge on any atom is -0.341 e. The van der Waals surface area contributed by atoms with Gasteiger partial charge in [0.25, 0.3) is 0 Å². The number of nitrogens with one attached hydrogen (secondary N) is 1. The molecule has 0 saturated carbocycles. The van der Waals surface area contributed by atoms with Gasteiger partial charge < -0.3 is 10.2 Å². The first kappa shape index (κ1) is 15.5. The van der Waals surface area contributed by atoms with Gasteiger partial charge in [-0.05, 0) is 44.6 Å². The van der Waals surface area contributed by atoms with E-state index in [0.717, 1.165) is 32.4 Å². The van der Waals surface area contributed by atoms with Crippen LogP contribution in [0.25, 0.3) is 0 Å². The summed E-state index contributed by atoms with van der Waals surface area (Å²) in [6.45, 7) is 6.03. The van der Waals surface area contributed by atoms with Crippen molar-refractivity contribution < 1.29 is 4.79 Å². The summed E-state index contributed by atoms with van der Waals surface area (Å²) in [6.07, 6.45) is 5.84. The Morgan fingerprint density at radius 1 is 1.30 bits per heavy atom. The van der Waals surface area contributed by atoms with E-state index in [0.29, 0.717) is 6.04 Å². The highest BCUT2D eigenvalue weighted by Crippen LogP contribution is 2.13. The van der Waals surface area contributed by atoms with Crippen LogP contribution in [0, 0.1) is 0 Å². The summed E-state index contributed by atoms with van der Waals surface area (Å²) in [6, 6.07) is 4.49. The second kappa shape index (κ2) is 7.79. The van der Waals surface area contributed by atoms with Crippen LogP contribution < -0.4 is 5.32 Å². The molecule has 2 heterocycles. The Labute approximate surface area is 126 Å². The number of rotatable bonds is 5. The molecule has 1 saturated heterocycles. The molecular formula is C16H26N2OS. The Balaban J connectivity index is 1.80. The molecule has 0 radical (unpaired) electrons. The van der Waals surface area contributed by atoms with Crippen LogP contribution in [0.5, 0.6) is 0 Å². The van der Waals surface area contributed by atoms with Gasteiger partial charge in [0.1, 0.15) is 0 Å². The summed E-state index contributed by atoms with van der Waals surface area (Å²) in [5.41, 5.74) is 0. The average Bonchev–Trinajstić information content (AvgIpc) is 2.77. The molecule has 0 spiro atoms. The molecule has 1 aromatic heterocycles. The molecule has 1 amide bonds. The highest BCUT2D eigenvalue weighted by atomic mass is 32.1. The van der Waals surface area contributed by atoms with Crippen molar-refractivity contribution in [1.82, 2.24) is 10.2 Å². The molecule has 1 fully saturated rings. The third kappa shape index (κ3) is 4.60. The lowest BCUT2D eigenvalue weighted by atomic mass is 10.1. The van der Waals surface area contributed by atoms with Gasteiger partial charge in [-0.2, -0.15) is 0 Å². The van der Waals surface area contributed by atoms with Crippen LogP contribution in [-0.2, 0) is 11.2 Å². The third-order valence-electron chi connectivity index (χ3n) is 3.91. The summed E-state index contributed by atoms with van der Waals surface area (Å²) in [5, 5.41) is 5.56. The van der Waals surface area contributed by atoms with Crippen LogP contribution in [0.4, 0.5) is 0 Å². The number of hydrogen-bond donors (Lipinski definition) is 1. The first-order chi connectivity index (χ1) is 9.66. The predicted molar refractivity (Wildman–Crippen MR) is 85.1 cm³/mol. The lowest BCUT2D eigenvalue weighted by Gasteiger charge is -2.26. The monoisotopic (exact) mass is 294 g/mol. The van der Waals surface area contributed by atoms with E-state index in [2.05, 4.69) is 29.8 Å². The maximum absolute atomic E-state index is 12.5. The normalized spacial score (nSPS) is 19.4. The fourth-order valence-electron chi connectivity index (χ4n) is 2.85. The fourth-order valence-corrected chi connectivity index (χ4v) is 3.69. The van der Waals surface area contributed by atoms with Gasteiger partial charge in [0, 0.05) is 24.0 Å². The molecule has 112 valence electrons. The van der Waals surface area contributed by atoms with Crippen LogP contribution >= 0.6 is 11.3 Å². The zero-order chi connectivity index (χ0) is 14.4. The number of likely N-dealkylation sites (tertiary alicyclic amines) is 1. The molecule has 3 nitrogen and oxygen atoms in total. The van der Waals surface area contributed by atoms with E-state index in [1.165, 1.54) is 17.7 Å². The number of amides is 1. The Bertz CT molecular complexity index is 397. The lowest BCUT2D eigenvalue weighted by molar-refractivity contribution is -0.133. The van der Waals surface area contributed by atoms with E-state index in [1.54, 1.807) is 11.3 Å². The van der Waals surface area contributed by atoms with Gasteiger partial charge in [-0.25, -0.2) is 0 Å². The topological polar surface area (TPSA) is 32.3 Å². The summed E-state index contributed by atoms with van der Waals surface area (Å²) in [5.74, 6) is 0.268. The zero-order valence-corrected chi connectivity index (χ0v) is 13.4. The highest BCUT2D eigenvalue weighted by Gasteiger charge is 2.22. The summed E-state index contributed by atoms with van der Waals surface area (Å²) in [7, 11) is 0. The van der Waals surface area contributed by atoms with Crippen LogP contribution in [-0.4, -0.2) is 36.0 Å². The van der Waals surface area contributed by atoms with Gasteiger partial charge in [-0.1, -0.05) is 18.9 Å². The Morgan fingerprint density at radius 2 is 2.00 bits per heavy atom. The molecule has 20 heavy (non-hydrogen) atoms. The second-order valence-electron chi connectivity index (χ2n) is 5.81. The van der Waals surface area contributed by atoms with E-state index in [9.17, 15) is 4.79 Å². The SMILES string of the molecule is CC(Cc1cccs1)NC(C)C(=O)N1CCCCCC1. The molecule has 1 aliphatic heterocycles. The third-order valence-corrected chi connectivity index (χ3v) is 4.81. The van der Waals surface area contributed by atoms with Crippen molar-refractivity contribution in [2.24, 2.45) is 0 Å². The number of hydrogen-bond acceptors (Lipinski definition) is 3. The maximum atomic E-state index is 12.5. The Hall–Kier alpha value is -0.870. The molecule has 1 aromatic rings. The zero-order valence-electron chi connectivity index (χ0n) is 12.6. The first-order valence-electron chi connectivity index (χ1n) is 7.74. The van der Waals surface area contributed by atoms with Gasteiger partial charge in [-0.15, -0.1) is 11.3 Å². The van der Waals surface area contributed by atoms with E-state index in [4.69, 9.17) is 0 Å². The lowest BCUT2D eigenvalue weighted by Crippen LogP contribution is -2.48. The van der Waals surface area contributed by atoms with Gasteiger partial charge in [-0.3, -0.25) is 4.79 Å². The molecule has 2 unspecified atom stereocenters. The van der Waals surface area contributed by atoms with Gasteiger partial charge >= 0.3 is 0 Å². The number of nitrogens with zero attached hydrogens (tertiary/aromatic N) is 1. The Morgan fingerprint density at radius 3 is 2.60 bits per heavy atom. The minimum atomic E-state index is -0.0805. The number of carbonyl (C=O) groups is 1. The first-order valence-corrected chi connectivity index (χ1v) is 8.62. The minimum absolute atomic E-state index is 0.0805. The molecule has 0 aromatic carbocycles. The van der Waals surface area contributed by atoms with Crippen LogP contribution in [0.15, 0.2) is 17.5 Å². The average molecular weight is 294 g/mol. The highest BCUT2D eigenvalue weighted by molar-refractivity contribution is 7.09. The Kier molecular flexibility index (Phi) is 6.05. The van der Waals surface area contributed by atoms with Gasteiger partial charge in [0.05, 0.1) is 6.04 Å². The molecule has 4 heteroatoms. The van der Waals surface area contributed by atoms with Crippen LogP contribution in [0.2, 0.25) is 0 Å². The van der Waals surface area contributed by atoms with Crippen molar-refractivity contribution in [2.75, 3.05) is 13.1 Å². The molecule has 0 aliphatic carbocycles. The molecule has 1 N–H and O–H groups in total. The van der Waals surface area contributed by atoms with Crippen molar-refractivity contribution in [2.45, 2.75) is 58.0 Å². The summed E-state index contributed by atoms with van der Waals surface area (Å²) in [4.78, 5) is 15.9. The maximum Gasteiger partial charge on any atom is 0.239 e. The molecular weight excluding hydrogens is 268 g/mol. The fraction of sp³-hybridized carbons (Fsp3) is 0.688. The van der Waals surface area contributed by atoms with Crippen molar-refractivity contribution in [3.05, 3.63) is 22.4 Å². The molecule has 0 bridgehead atoms. The standard InChI is InChI=1S/C16H26N2OS/c1-13(12-15-8-7-11-20-15)17-14(2)16(19)18-9-5-3-4-6-10-18/h7-8,11,13-14,17H,3-6,9-10,12H2,1-2H3.